The van der Waals surface area contributed by atoms with Crippen molar-refractivity contribution >= 4 is 153 Å². The Kier molecular flexibility index (Phi) is 17.2. The Morgan fingerprint density at radius 1 is 0.126 bits per heavy atom. The number of hydrogen-bond donors (Lipinski definition) is 0. The van der Waals surface area contributed by atoms with E-state index in [1.165, 1.54) is 187 Å². The molecule has 0 atom stereocenters. The summed E-state index contributed by atoms with van der Waals surface area (Å²) in [5.74, 6) is 0. The Bertz CT molecular complexity index is 8320. The number of furan rings is 1. The number of benzene rings is 20. The molecule has 0 saturated heterocycles. The molecule has 0 aliphatic rings. The van der Waals surface area contributed by atoms with Crippen LogP contribution in [-0.4, -0.2) is 27.4 Å². The zero-order valence-corrected chi connectivity index (χ0v) is 69.1. The van der Waals surface area contributed by atoms with E-state index in [0.29, 0.717) is 0 Å². The highest BCUT2D eigenvalue weighted by Crippen LogP contribution is 2.47. The van der Waals surface area contributed by atoms with E-state index in [1.807, 2.05) is 0 Å². The molecule has 0 amide bonds. The van der Waals surface area contributed by atoms with Gasteiger partial charge in [-0.1, -0.05) is 315 Å². The van der Waals surface area contributed by atoms with Gasteiger partial charge in [0, 0.05) is 110 Å². The fourth-order valence-corrected chi connectivity index (χ4v) is 20.4. The maximum absolute atomic E-state index is 6.33. The van der Waals surface area contributed by atoms with Gasteiger partial charge in [-0.05, 0) is 202 Å². The first-order valence-electron chi connectivity index (χ1n) is 43.5. The molecule has 127 heavy (non-hydrogen) atoms. The summed E-state index contributed by atoms with van der Waals surface area (Å²) < 4.78 is 20.7. The van der Waals surface area contributed by atoms with E-state index < -0.39 is 0 Å². The third kappa shape index (κ3) is 12.0. The molecule has 7 aromatic heterocycles. The fraction of sp³-hybridized carbons (Fsp3) is 0. The number of hydrogen-bond acceptors (Lipinski definition) is 1. The summed E-state index contributed by atoms with van der Waals surface area (Å²) in [4.78, 5) is 0. The second-order valence-electron chi connectivity index (χ2n) is 33.0. The predicted octanol–water partition coefficient (Wildman–Crippen LogP) is 32.2. The van der Waals surface area contributed by atoms with Crippen LogP contribution >= 0.6 is 0 Å². The van der Waals surface area contributed by atoms with Crippen molar-refractivity contribution in [2.75, 3.05) is 0 Å². The molecule has 7 nitrogen and oxygen atoms in total. The minimum absolute atomic E-state index is 0.897. The van der Waals surface area contributed by atoms with Gasteiger partial charge in [0.1, 0.15) is 11.2 Å². The van der Waals surface area contributed by atoms with Crippen molar-refractivity contribution in [3.63, 3.8) is 0 Å². The summed E-state index contributed by atoms with van der Waals surface area (Å²) in [6.45, 7) is 0. The Hall–Kier alpha value is -17.0. The lowest BCUT2D eigenvalue weighted by Crippen LogP contribution is -1.95. The maximum Gasteiger partial charge on any atom is 0.135 e. The largest absolute Gasteiger partial charge is 0.456 e. The van der Waals surface area contributed by atoms with E-state index in [1.54, 1.807) is 0 Å². The minimum atomic E-state index is 0.897. The van der Waals surface area contributed by atoms with Crippen molar-refractivity contribution in [3.05, 3.63) is 473 Å². The van der Waals surface area contributed by atoms with Crippen molar-refractivity contribution < 1.29 is 4.42 Å². The van der Waals surface area contributed by atoms with Crippen LogP contribution in [0.3, 0.4) is 0 Å². The summed E-state index contributed by atoms with van der Waals surface area (Å²) >= 11 is 0. The van der Waals surface area contributed by atoms with Gasteiger partial charge >= 0.3 is 0 Å². The number of aromatic nitrogens is 6. The van der Waals surface area contributed by atoms with Crippen LogP contribution in [0, 0.1) is 0 Å². The molecule has 0 aliphatic carbocycles. The van der Waals surface area contributed by atoms with Crippen molar-refractivity contribution in [3.8, 4) is 78.6 Å². The van der Waals surface area contributed by atoms with Crippen LogP contribution in [-0.2, 0) is 0 Å². The maximum atomic E-state index is 6.33. The minimum Gasteiger partial charge on any atom is -0.456 e. The highest BCUT2D eigenvalue weighted by atomic mass is 16.3. The summed E-state index contributed by atoms with van der Waals surface area (Å²) in [5, 5.41) is 17.4. The van der Waals surface area contributed by atoms with Gasteiger partial charge in [0.2, 0.25) is 0 Å². The predicted molar refractivity (Wildman–Crippen MR) is 534 cm³/mol. The second-order valence-corrected chi connectivity index (χ2v) is 33.0. The van der Waals surface area contributed by atoms with Crippen LogP contribution in [0.25, 0.3) is 231 Å². The van der Waals surface area contributed by atoms with Gasteiger partial charge in [-0.15, -0.1) is 0 Å². The van der Waals surface area contributed by atoms with E-state index in [0.717, 1.165) is 44.7 Å². The average Bonchev–Trinajstić information content (AvgIpc) is 1.56. The zero-order chi connectivity index (χ0) is 83.6. The topological polar surface area (TPSA) is 42.7 Å². The number of fused-ring (bicyclic) bond motifs is 21. The van der Waals surface area contributed by atoms with Crippen LogP contribution in [0.2, 0.25) is 0 Å². The van der Waals surface area contributed by atoms with Gasteiger partial charge in [-0.25, -0.2) is 0 Å². The molecule has 27 aromatic rings. The van der Waals surface area contributed by atoms with E-state index in [4.69, 9.17) is 4.42 Å². The average molecular weight is 1620 g/mol. The van der Waals surface area contributed by atoms with Gasteiger partial charge in [0.15, 0.2) is 0 Å². The molecule has 0 bridgehead atoms. The third-order valence-electron chi connectivity index (χ3n) is 25.9. The van der Waals surface area contributed by atoms with E-state index in [9.17, 15) is 0 Å². The molecule has 0 spiro atoms. The molecule has 7 heterocycles. The monoisotopic (exact) mass is 1620 g/mol. The standard InChI is InChI=1S/C48H32N2.C36H22N2O.C36H24N2/c1-3-15-33(16-4-1)35-19-11-21-37(31-35)49-43-27-9-7-23-41(43)47-39(25-13-29-45(47)49)40-26-14-30-46-48(40)42-24-8-10-28-44(42)50(46)38-22-12-20-36(32-38)34-17-5-2-6-18-34;1-5-13-31-25(9-1)26-10-2-6-14-32(26)37(31)23-17-19-35-29(21-23)30-22-24(18-20-36(30)39-35)38-33-15-7-3-11-27(33)28-12-4-8-16-34(28)38;1-5-19-33-29(15-1)30-16-2-6-20-34(30)37(33)27-13-9-11-25(23-27)26-12-10-14-28(24-26)38-35-21-7-3-17-31(35)32-18-4-8-22-36(32)38/h1-32H;1-22H;1-24H. The Labute approximate surface area is 731 Å². The van der Waals surface area contributed by atoms with Gasteiger partial charge in [0.25, 0.3) is 0 Å². The van der Waals surface area contributed by atoms with Crippen molar-refractivity contribution in [2.45, 2.75) is 0 Å². The fourth-order valence-electron chi connectivity index (χ4n) is 20.4. The number of rotatable bonds is 10. The SMILES string of the molecule is c1cc(-c2cccc(-n3c4ccccc4c4ccccc43)c2)cc(-n2c3ccccc3c3ccccc32)c1.c1ccc(-c2cccc(-n3c4ccccc4c4c(-c5cccc6c5c5ccccc5n6-c5cccc(-c6ccccc6)c5)cccc43)c2)cc1.c1ccc2c(c1)c1ccccc1n2-c1ccc2oc3ccc(-n4c5ccccc5c5ccccc54)cc3c2c1. The summed E-state index contributed by atoms with van der Waals surface area (Å²) in [6.07, 6.45) is 0. The molecular weight excluding hydrogens is 1540 g/mol. The molecule has 0 aliphatic heterocycles. The summed E-state index contributed by atoms with van der Waals surface area (Å²) in [6, 6.07) is 170. The van der Waals surface area contributed by atoms with Crippen molar-refractivity contribution in [2.24, 2.45) is 0 Å². The van der Waals surface area contributed by atoms with Crippen LogP contribution in [0.1, 0.15) is 0 Å². The molecule has 0 N–H and O–H groups in total. The molecule has 0 saturated carbocycles. The molecule has 594 valence electrons. The molecule has 0 unspecified atom stereocenters. The van der Waals surface area contributed by atoms with E-state index in [-0.39, 0.29) is 0 Å². The lowest BCUT2D eigenvalue weighted by Gasteiger charge is -2.12. The molecule has 0 fully saturated rings. The number of nitrogens with zero attached hydrogens (tertiary/aromatic N) is 6. The first-order chi connectivity index (χ1) is 63.0. The second kappa shape index (κ2) is 30.0. The van der Waals surface area contributed by atoms with E-state index >= 15 is 0 Å². The van der Waals surface area contributed by atoms with Crippen molar-refractivity contribution in [1.82, 2.24) is 27.4 Å². The lowest BCUT2D eigenvalue weighted by molar-refractivity contribution is 0.669. The van der Waals surface area contributed by atoms with Gasteiger partial charge in [0.05, 0.1) is 66.2 Å². The van der Waals surface area contributed by atoms with Gasteiger partial charge < -0.3 is 31.8 Å². The zero-order valence-electron chi connectivity index (χ0n) is 69.1. The summed E-state index contributed by atoms with van der Waals surface area (Å²) in [7, 11) is 0. The van der Waals surface area contributed by atoms with Crippen LogP contribution in [0.4, 0.5) is 0 Å². The molecule has 20 aromatic carbocycles. The van der Waals surface area contributed by atoms with Crippen molar-refractivity contribution in [1.29, 1.82) is 0 Å². The highest BCUT2D eigenvalue weighted by Gasteiger charge is 2.24. The van der Waals surface area contributed by atoms with Gasteiger partial charge in [-0.3, -0.25) is 0 Å². The quantitative estimate of drug-likeness (QED) is 0.135. The third-order valence-corrected chi connectivity index (χ3v) is 25.9. The highest BCUT2D eigenvalue weighted by molar-refractivity contribution is 6.23. The summed E-state index contributed by atoms with van der Waals surface area (Å²) in [5.41, 5.74) is 33.0. The molecule has 0 radical (unpaired) electrons. The Morgan fingerprint density at radius 3 is 0.598 bits per heavy atom. The molecule has 7 heteroatoms. The van der Waals surface area contributed by atoms with Crippen LogP contribution in [0.15, 0.2) is 478 Å². The van der Waals surface area contributed by atoms with Crippen LogP contribution in [0.5, 0.6) is 0 Å². The molecule has 27 rings (SSSR count). The first-order valence-corrected chi connectivity index (χ1v) is 43.5. The Morgan fingerprint density at radius 2 is 0.323 bits per heavy atom. The van der Waals surface area contributed by atoms with Gasteiger partial charge in [-0.2, -0.15) is 0 Å². The number of para-hydroxylation sites is 10. The molecular formula is C120H78N6O. The smallest absolute Gasteiger partial charge is 0.135 e. The Balaban J connectivity index is 0.000000105. The van der Waals surface area contributed by atoms with Crippen LogP contribution < -0.4 is 0 Å². The lowest BCUT2D eigenvalue weighted by atomic mass is 9.95. The van der Waals surface area contributed by atoms with E-state index in [2.05, 4.69) is 501 Å². The normalized spacial score (nSPS) is 11.8. The first kappa shape index (κ1) is 72.8.